The average Bonchev–Trinajstić information content (AvgIpc) is 2.78. The number of carboxylic acid groups (broad SMARTS) is 1. The molecule has 0 heterocycles. The molecule has 0 aliphatic heterocycles. The number of allylic oxidation sites excluding steroid dienone is 1. The molecule has 0 aromatic rings. The molecule has 0 rings (SSSR count). The van der Waals surface area contributed by atoms with Crippen molar-refractivity contribution in [1.82, 2.24) is 0 Å². The molecule has 13 heteroatoms. The predicted molar refractivity (Wildman–Crippen MR) is 129 cm³/mol. The second-order valence-electron chi connectivity index (χ2n) is 8.54. The normalized spacial score (nSPS) is 13.4. The molecule has 2 atom stereocenters. The topological polar surface area (TPSA) is 176 Å². The van der Waals surface area contributed by atoms with Crippen molar-refractivity contribution in [1.29, 1.82) is 0 Å². The van der Waals surface area contributed by atoms with Gasteiger partial charge in [-0.05, 0) is 44.4 Å². The Morgan fingerprint density at radius 1 is 0.973 bits per heavy atom. The molecule has 10 nitrogen and oxygen atoms in total. The van der Waals surface area contributed by atoms with Crippen LogP contribution < -0.4 is 69.3 Å². The summed E-state index contributed by atoms with van der Waals surface area (Å²) in [4.78, 5) is 25.8. The average molecular weight is 566 g/mol. The molecule has 0 radical (unpaired) electrons. The second-order valence-corrected chi connectivity index (χ2v) is 10.1. The Labute approximate surface area is 266 Å². The monoisotopic (exact) mass is 565 g/mol. The van der Waals surface area contributed by atoms with Gasteiger partial charge in [-0.2, -0.15) is 8.42 Å². The minimum atomic E-state index is -4.95. The first-order valence-electron chi connectivity index (χ1n) is 12.4. The third kappa shape index (κ3) is 26.0. The zero-order valence-corrected chi connectivity index (χ0v) is 27.5. The number of aliphatic imine (C=N–C) groups is 1. The number of hydrogen-bond donors (Lipinski definition) is 2. The maximum absolute atomic E-state index is 11.7. The van der Waals surface area contributed by atoms with E-state index in [4.69, 9.17) is 4.55 Å². The van der Waals surface area contributed by atoms with Crippen LogP contribution in [-0.4, -0.2) is 60.4 Å². The zero-order valence-electron chi connectivity index (χ0n) is 22.7. The maximum Gasteiger partial charge on any atom is 1.00 e. The van der Waals surface area contributed by atoms with Crippen molar-refractivity contribution in [2.45, 2.75) is 108 Å². The number of ether oxygens (including phenoxy) is 1. The van der Waals surface area contributed by atoms with Crippen molar-refractivity contribution in [3.05, 3.63) is 12.2 Å². The number of carboxylic acids is 1. The molecule has 0 aromatic carbocycles. The van der Waals surface area contributed by atoms with Crippen LogP contribution in [0.1, 0.15) is 96.8 Å². The van der Waals surface area contributed by atoms with Crippen LogP contribution in [0, 0.1) is 0 Å². The Balaban J connectivity index is -0.00000578. The summed E-state index contributed by atoms with van der Waals surface area (Å²) in [5.41, 5.74) is 0. The number of esters is 1. The quantitative estimate of drug-likeness (QED) is 0.0250. The molecule has 0 amide bonds. The van der Waals surface area contributed by atoms with Gasteiger partial charge in [0.15, 0.2) is 5.25 Å². The molecule has 204 valence electrons. The van der Waals surface area contributed by atoms with E-state index in [0.29, 0.717) is 12.8 Å². The number of aliphatic carboxylic acids is 1. The molecule has 0 aliphatic rings. The van der Waals surface area contributed by atoms with Gasteiger partial charge in [-0.3, -0.25) is 9.35 Å². The van der Waals surface area contributed by atoms with Gasteiger partial charge in [-0.1, -0.05) is 64.0 Å². The first-order chi connectivity index (χ1) is 16.6. The van der Waals surface area contributed by atoms with E-state index >= 15 is 0 Å². The molecular formula is C24H41NNa2O9S. The van der Waals surface area contributed by atoms with E-state index in [9.17, 15) is 33.3 Å². The number of carbonyl (C=O) groups excluding carboxylic acids is 2. The minimum Gasteiger partial charge on any atom is -0.862 e. The van der Waals surface area contributed by atoms with Gasteiger partial charge in [-0.25, -0.2) is 0 Å². The Bertz CT molecular complexity index is 761. The van der Waals surface area contributed by atoms with Crippen LogP contribution in [0.3, 0.4) is 0 Å². The largest absolute Gasteiger partial charge is 1.00 e. The summed E-state index contributed by atoms with van der Waals surface area (Å²) in [6.07, 6.45) is 14.8. The number of aliphatic hydroxyl groups is 1. The first kappa shape index (κ1) is 41.5. The third-order valence-corrected chi connectivity index (χ3v) is 6.40. The summed E-state index contributed by atoms with van der Waals surface area (Å²) in [6, 6.07) is 0. The Hall–Kier alpha value is 0.0200. The van der Waals surface area contributed by atoms with Crippen LogP contribution in [0.4, 0.5) is 0 Å². The molecule has 0 fully saturated rings. The van der Waals surface area contributed by atoms with Crippen molar-refractivity contribution >= 4 is 28.0 Å². The fourth-order valence-electron chi connectivity index (χ4n) is 3.31. The molecular weight excluding hydrogens is 524 g/mol. The van der Waals surface area contributed by atoms with Gasteiger partial charge in [0.05, 0.1) is 12.6 Å². The van der Waals surface area contributed by atoms with E-state index in [-0.39, 0.29) is 84.1 Å². The van der Waals surface area contributed by atoms with E-state index in [0.717, 1.165) is 44.9 Å². The summed E-state index contributed by atoms with van der Waals surface area (Å²) < 4.78 is 35.6. The number of nitrogens with zero attached hydrogens (tertiary/aromatic N) is 1. The molecule has 0 spiro atoms. The molecule has 0 aliphatic carbocycles. The molecule has 0 aromatic heterocycles. The minimum absolute atomic E-state index is 0. The van der Waals surface area contributed by atoms with Crippen molar-refractivity contribution < 1.29 is 102 Å². The fraction of sp³-hybridized carbons (Fsp3) is 0.792. The summed E-state index contributed by atoms with van der Waals surface area (Å²) >= 11 is 0. The van der Waals surface area contributed by atoms with Crippen molar-refractivity contribution in [2.24, 2.45) is 4.99 Å². The van der Waals surface area contributed by atoms with Crippen LogP contribution in [0.25, 0.3) is 0 Å². The van der Waals surface area contributed by atoms with Crippen molar-refractivity contribution in [3.8, 4) is 0 Å². The van der Waals surface area contributed by atoms with Crippen LogP contribution in [0.5, 0.6) is 0 Å². The molecule has 2 unspecified atom stereocenters. The number of hydrogen-bond acceptors (Lipinski definition) is 9. The van der Waals surface area contributed by atoms with Crippen LogP contribution in [-0.2, 0) is 24.4 Å². The number of rotatable bonds is 22. The Kier molecular flexibility index (Phi) is 29.4. The van der Waals surface area contributed by atoms with Gasteiger partial charge in [0.25, 0.3) is 10.1 Å². The SMILES string of the molecule is CCCCCCC(O)C/C=C/CCCCCCCC([O-])=NCCOC(=O)C(CC(=O)[O-])S(=O)(=O)O.[Na+].[Na+]. The second kappa shape index (κ2) is 26.3. The maximum atomic E-state index is 11.7. The van der Waals surface area contributed by atoms with E-state index in [1.807, 2.05) is 6.08 Å². The number of aliphatic hydroxyl groups excluding tert-OH is 1. The molecule has 0 saturated carbocycles. The van der Waals surface area contributed by atoms with E-state index in [1.54, 1.807) is 0 Å². The van der Waals surface area contributed by atoms with E-state index in [1.165, 1.54) is 19.3 Å². The van der Waals surface area contributed by atoms with Gasteiger partial charge in [-0.15, -0.1) is 0 Å². The van der Waals surface area contributed by atoms with Crippen LogP contribution in [0.2, 0.25) is 0 Å². The van der Waals surface area contributed by atoms with Crippen LogP contribution in [0.15, 0.2) is 17.1 Å². The molecule has 2 N–H and O–H groups in total. The van der Waals surface area contributed by atoms with Gasteiger partial charge in [0.1, 0.15) is 6.61 Å². The zero-order chi connectivity index (χ0) is 26.5. The van der Waals surface area contributed by atoms with Gasteiger partial charge in [0.2, 0.25) is 0 Å². The summed E-state index contributed by atoms with van der Waals surface area (Å²) in [5, 5.41) is 29.9. The van der Waals surface area contributed by atoms with Gasteiger partial charge < -0.3 is 29.8 Å². The summed E-state index contributed by atoms with van der Waals surface area (Å²) in [6.45, 7) is 1.57. The predicted octanol–water partition coefficient (Wildman–Crippen LogP) is -4.30. The molecule has 0 saturated heterocycles. The number of carbonyl (C=O) groups is 2. The fourth-order valence-corrected chi connectivity index (χ4v) is 3.97. The van der Waals surface area contributed by atoms with Crippen molar-refractivity contribution in [3.63, 3.8) is 0 Å². The van der Waals surface area contributed by atoms with Crippen LogP contribution >= 0.6 is 0 Å². The van der Waals surface area contributed by atoms with Gasteiger partial charge >= 0.3 is 65.1 Å². The Morgan fingerprint density at radius 3 is 2.22 bits per heavy atom. The van der Waals surface area contributed by atoms with E-state index < -0.39 is 40.3 Å². The van der Waals surface area contributed by atoms with Crippen molar-refractivity contribution in [2.75, 3.05) is 13.2 Å². The standard InChI is InChI=1S/C24H43NO9S.2Na/c1-2-3-4-11-14-20(26)15-12-9-7-5-6-8-10-13-16-22(27)25-17-18-34-24(30)21(19-23(28)29)35(31,32)33;;/h9,12,20-21,26H,2-8,10-11,13-19H2,1H3,(H,25,27)(H,28,29)(H,31,32,33);;/q;2*+1/p-2/b12-9+;;. The third-order valence-electron chi connectivity index (χ3n) is 5.33. The first-order valence-corrected chi connectivity index (χ1v) is 13.9. The molecule has 0 bridgehead atoms. The van der Waals surface area contributed by atoms with Gasteiger partial charge in [0, 0.05) is 12.4 Å². The molecule has 37 heavy (non-hydrogen) atoms. The summed E-state index contributed by atoms with van der Waals surface area (Å²) in [5.74, 6) is -3.63. The smallest absolute Gasteiger partial charge is 0.862 e. The Morgan fingerprint density at radius 2 is 1.59 bits per heavy atom. The number of unbranched alkanes of at least 4 members (excludes halogenated alkanes) is 8. The summed E-state index contributed by atoms with van der Waals surface area (Å²) in [7, 11) is -4.95. The van der Waals surface area contributed by atoms with E-state index in [2.05, 4.69) is 22.7 Å².